The van der Waals surface area contributed by atoms with E-state index in [9.17, 15) is 4.79 Å². The Hall–Kier alpha value is -2.60. The van der Waals surface area contributed by atoms with Crippen molar-refractivity contribution in [2.75, 3.05) is 13.2 Å². The minimum Gasteiger partial charge on any atom is -0.490 e. The van der Waals surface area contributed by atoms with Crippen LogP contribution in [-0.2, 0) is 17.9 Å². The van der Waals surface area contributed by atoms with Crippen molar-refractivity contribution in [3.8, 4) is 11.5 Å². The van der Waals surface area contributed by atoms with Crippen LogP contribution in [-0.4, -0.2) is 29.6 Å². The zero-order valence-corrected chi connectivity index (χ0v) is 16.6. The molecule has 0 saturated heterocycles. The number of benzene rings is 1. The van der Waals surface area contributed by atoms with E-state index in [0.29, 0.717) is 18.1 Å². The van der Waals surface area contributed by atoms with Crippen LogP contribution in [0.1, 0.15) is 39.0 Å². The van der Waals surface area contributed by atoms with E-state index in [2.05, 4.69) is 15.6 Å². The molecule has 0 aliphatic carbocycles. The maximum atomic E-state index is 12.0. The molecule has 1 heterocycles. The molecule has 0 atom stereocenters. The molecule has 0 bridgehead atoms. The van der Waals surface area contributed by atoms with E-state index in [-0.39, 0.29) is 18.1 Å². The van der Waals surface area contributed by atoms with Crippen LogP contribution in [0.4, 0.5) is 0 Å². The molecule has 6 heteroatoms. The number of carbonyl (C=O) groups is 1. The molecule has 1 aromatic carbocycles. The molecule has 0 aliphatic rings. The van der Waals surface area contributed by atoms with Crippen molar-refractivity contribution in [2.24, 2.45) is 0 Å². The lowest BCUT2D eigenvalue weighted by Gasteiger charge is -2.20. The Labute approximate surface area is 161 Å². The predicted molar refractivity (Wildman–Crippen MR) is 105 cm³/mol. The molecule has 0 unspecified atom stereocenters. The zero-order valence-electron chi connectivity index (χ0n) is 16.6. The Morgan fingerprint density at radius 3 is 2.59 bits per heavy atom. The highest BCUT2D eigenvalue weighted by Crippen LogP contribution is 2.28. The average molecular weight is 372 g/mol. The van der Waals surface area contributed by atoms with Crippen LogP contribution in [0.2, 0.25) is 0 Å². The lowest BCUT2D eigenvalue weighted by Crippen LogP contribution is -2.80. The van der Waals surface area contributed by atoms with Gasteiger partial charge in [-0.1, -0.05) is 6.07 Å². The first-order valence-electron chi connectivity index (χ1n) is 9.28. The van der Waals surface area contributed by atoms with Gasteiger partial charge in [-0.25, -0.2) is 0 Å². The van der Waals surface area contributed by atoms with Gasteiger partial charge in [0, 0.05) is 17.3 Å². The molecule has 0 fully saturated rings. The number of nitrogens with zero attached hydrogens (tertiary/aromatic N) is 1. The zero-order chi connectivity index (χ0) is 19.7. The number of amides is 1. The van der Waals surface area contributed by atoms with Crippen LogP contribution in [0.3, 0.4) is 0 Å². The average Bonchev–Trinajstić information content (AvgIpc) is 2.61. The fraction of sp³-hybridized carbons (Fsp3) is 0.429. The van der Waals surface area contributed by atoms with Crippen molar-refractivity contribution in [1.82, 2.24) is 10.3 Å². The number of nitrogens with two attached hydrogens (primary N) is 1. The summed E-state index contributed by atoms with van der Waals surface area (Å²) in [6, 6.07) is 11.7. The molecule has 146 valence electrons. The lowest BCUT2D eigenvalue weighted by atomic mass is 10.1. The topological polar surface area (TPSA) is 77.1 Å². The van der Waals surface area contributed by atoms with E-state index < -0.39 is 0 Å². The first kappa shape index (κ1) is 20.7. The number of pyridine rings is 1. The largest absolute Gasteiger partial charge is 0.490 e. The number of rotatable bonds is 9. The molecule has 2 aromatic rings. The van der Waals surface area contributed by atoms with Gasteiger partial charge in [0.1, 0.15) is 13.1 Å². The van der Waals surface area contributed by atoms with Crippen molar-refractivity contribution in [2.45, 2.75) is 46.3 Å². The second kappa shape index (κ2) is 9.92. The summed E-state index contributed by atoms with van der Waals surface area (Å²) in [6.07, 6.45) is 1.80. The summed E-state index contributed by atoms with van der Waals surface area (Å²) < 4.78 is 11.4. The van der Waals surface area contributed by atoms with Crippen LogP contribution in [0, 0.1) is 0 Å². The van der Waals surface area contributed by atoms with E-state index in [1.807, 2.05) is 64.1 Å². The fourth-order valence-corrected chi connectivity index (χ4v) is 2.57. The van der Waals surface area contributed by atoms with E-state index in [0.717, 1.165) is 24.3 Å². The number of nitrogens with one attached hydrogen (secondary N) is 1. The summed E-state index contributed by atoms with van der Waals surface area (Å²) in [5.74, 6) is 1.08. The second-order valence-corrected chi connectivity index (χ2v) is 7.32. The van der Waals surface area contributed by atoms with Gasteiger partial charge in [-0.3, -0.25) is 9.78 Å². The van der Waals surface area contributed by atoms with Gasteiger partial charge in [0.2, 0.25) is 0 Å². The van der Waals surface area contributed by atoms with E-state index in [1.54, 1.807) is 6.20 Å². The van der Waals surface area contributed by atoms with E-state index >= 15 is 0 Å². The van der Waals surface area contributed by atoms with Crippen molar-refractivity contribution >= 4 is 5.91 Å². The van der Waals surface area contributed by atoms with Crippen LogP contribution < -0.4 is 20.1 Å². The van der Waals surface area contributed by atoms with Gasteiger partial charge >= 0.3 is 0 Å². The monoisotopic (exact) mass is 372 g/mol. The number of hydrogen-bond acceptors (Lipinski definition) is 4. The van der Waals surface area contributed by atoms with Gasteiger partial charge in [-0.05, 0) is 58.0 Å². The Bertz CT molecular complexity index is 727. The smallest absolute Gasteiger partial charge is 0.258 e. The summed E-state index contributed by atoms with van der Waals surface area (Å²) in [5, 5.41) is 5.07. The number of aromatic nitrogens is 1. The Kier molecular flexibility index (Phi) is 7.61. The predicted octanol–water partition coefficient (Wildman–Crippen LogP) is 2.04. The number of carbonyl (C=O) groups excluding carboxylic acids is 1. The second-order valence-electron chi connectivity index (χ2n) is 7.32. The van der Waals surface area contributed by atoms with Crippen molar-refractivity contribution in [3.63, 3.8) is 0 Å². The van der Waals surface area contributed by atoms with Gasteiger partial charge in [0.15, 0.2) is 18.1 Å². The number of ether oxygens (including phenoxy) is 2. The highest BCUT2D eigenvalue weighted by Gasteiger charge is 2.15. The van der Waals surface area contributed by atoms with E-state index in [4.69, 9.17) is 9.47 Å². The molecule has 1 amide bonds. The van der Waals surface area contributed by atoms with Gasteiger partial charge in [-0.15, -0.1) is 0 Å². The lowest BCUT2D eigenvalue weighted by molar-refractivity contribution is -0.686. The third kappa shape index (κ3) is 7.66. The van der Waals surface area contributed by atoms with Crippen molar-refractivity contribution < 1.29 is 19.6 Å². The Morgan fingerprint density at radius 1 is 1.11 bits per heavy atom. The molecule has 0 saturated carbocycles. The minimum atomic E-state index is -0.281. The molecule has 0 radical (unpaired) electrons. The van der Waals surface area contributed by atoms with Crippen LogP contribution >= 0.6 is 0 Å². The van der Waals surface area contributed by atoms with Crippen LogP contribution in [0.25, 0.3) is 0 Å². The van der Waals surface area contributed by atoms with Gasteiger partial charge in [0.05, 0.1) is 12.3 Å². The standard InChI is InChI=1S/C21H29N3O3/c1-5-26-19-12-16(13-22-14-17-8-6-7-11-23-17)9-10-18(19)27-15-20(25)24-21(2,3)4/h6-12,22H,5,13-15H2,1-4H3,(H,24,25)/p+1. The molecule has 2 rings (SSSR count). The molecule has 0 spiro atoms. The Balaban J connectivity index is 1.93. The van der Waals surface area contributed by atoms with Crippen molar-refractivity contribution in [3.05, 3.63) is 53.9 Å². The number of hydrogen-bond donors (Lipinski definition) is 2. The molecule has 27 heavy (non-hydrogen) atoms. The normalized spacial score (nSPS) is 11.1. The highest BCUT2D eigenvalue weighted by atomic mass is 16.5. The fourth-order valence-electron chi connectivity index (χ4n) is 2.57. The van der Waals surface area contributed by atoms with Crippen molar-refractivity contribution in [1.29, 1.82) is 0 Å². The van der Waals surface area contributed by atoms with Crippen LogP contribution in [0.15, 0.2) is 42.6 Å². The first-order chi connectivity index (χ1) is 12.9. The summed E-state index contributed by atoms with van der Waals surface area (Å²) in [7, 11) is 0. The minimum absolute atomic E-state index is 0.0392. The van der Waals surface area contributed by atoms with Gasteiger partial charge < -0.3 is 20.1 Å². The molecular formula is C21H30N3O3+. The summed E-state index contributed by atoms with van der Waals surface area (Å²) in [5.41, 5.74) is 1.89. The SMILES string of the molecule is CCOc1cc(C[NH2+]Cc2ccccn2)ccc1OCC(=O)NC(C)(C)C. The Morgan fingerprint density at radius 2 is 1.93 bits per heavy atom. The molecule has 6 nitrogen and oxygen atoms in total. The molecule has 0 aliphatic heterocycles. The highest BCUT2D eigenvalue weighted by molar-refractivity contribution is 5.78. The summed E-state index contributed by atoms with van der Waals surface area (Å²) in [6.45, 7) is 9.86. The first-order valence-corrected chi connectivity index (χ1v) is 9.28. The quantitative estimate of drug-likeness (QED) is 0.706. The maximum Gasteiger partial charge on any atom is 0.258 e. The van der Waals surface area contributed by atoms with Gasteiger partial charge in [0.25, 0.3) is 5.91 Å². The molecule has 1 aromatic heterocycles. The third-order valence-corrected chi connectivity index (χ3v) is 3.64. The molecule has 3 N–H and O–H groups in total. The third-order valence-electron chi connectivity index (χ3n) is 3.64. The number of quaternary nitrogens is 1. The summed E-state index contributed by atoms with van der Waals surface area (Å²) in [4.78, 5) is 16.3. The molecular weight excluding hydrogens is 342 g/mol. The summed E-state index contributed by atoms with van der Waals surface area (Å²) >= 11 is 0. The van der Waals surface area contributed by atoms with Gasteiger partial charge in [-0.2, -0.15) is 0 Å². The van der Waals surface area contributed by atoms with Crippen LogP contribution in [0.5, 0.6) is 11.5 Å². The van der Waals surface area contributed by atoms with E-state index in [1.165, 1.54) is 0 Å². The maximum absolute atomic E-state index is 12.0.